The molecule has 0 bridgehead atoms. The lowest BCUT2D eigenvalue weighted by atomic mass is 9.94. The molecular weight excluding hydrogens is 398 g/mol. The van der Waals surface area contributed by atoms with E-state index in [0.717, 1.165) is 0 Å². The van der Waals surface area contributed by atoms with Gasteiger partial charge in [0.1, 0.15) is 11.6 Å². The van der Waals surface area contributed by atoms with E-state index >= 15 is 0 Å². The Kier molecular flexibility index (Phi) is 5.10. The Hall–Kier alpha value is -2.78. The Morgan fingerprint density at radius 1 is 1.07 bits per heavy atom. The van der Waals surface area contributed by atoms with Gasteiger partial charge in [0.2, 0.25) is 0 Å². The van der Waals surface area contributed by atoms with Crippen LogP contribution in [0, 0.1) is 11.6 Å². The van der Waals surface area contributed by atoms with Crippen molar-refractivity contribution in [1.82, 2.24) is 13.9 Å². The minimum absolute atomic E-state index is 0.0376. The molecule has 0 amide bonds. The van der Waals surface area contributed by atoms with Crippen LogP contribution in [0.25, 0.3) is 0 Å². The monoisotopic (exact) mass is 418 g/mol. The minimum atomic E-state index is -3.81. The van der Waals surface area contributed by atoms with Crippen LogP contribution in [0.1, 0.15) is 11.5 Å². The highest BCUT2D eigenvalue weighted by Gasteiger charge is 2.41. The van der Waals surface area contributed by atoms with E-state index in [1.807, 2.05) is 0 Å². The highest BCUT2D eigenvalue weighted by molar-refractivity contribution is 7.89. The van der Waals surface area contributed by atoms with Crippen LogP contribution in [-0.4, -0.2) is 41.4 Å². The number of anilines is 1. The molecule has 1 fully saturated rings. The molecular formula is C20H20F2N4O2S. The van der Waals surface area contributed by atoms with Crippen molar-refractivity contribution in [2.45, 2.75) is 17.0 Å². The standard InChI is InChI=1S/C20H20F2N4O2S/c1-25-12-20(23-13-25)29(27,28)26-10-18(14-4-2-5-15(21)8-14)19(11-26)24-17-7-3-6-16(22)9-17/h2-9,12-13,18-19,24H,10-11H2,1H3. The van der Waals surface area contributed by atoms with Crippen molar-refractivity contribution >= 4 is 15.7 Å². The summed E-state index contributed by atoms with van der Waals surface area (Å²) in [5.74, 6) is -1.10. The van der Waals surface area contributed by atoms with E-state index in [1.165, 1.54) is 41.1 Å². The summed E-state index contributed by atoms with van der Waals surface area (Å²) in [4.78, 5) is 3.97. The minimum Gasteiger partial charge on any atom is -0.380 e. The number of halogens is 2. The van der Waals surface area contributed by atoms with Crippen LogP contribution in [0.3, 0.4) is 0 Å². The smallest absolute Gasteiger partial charge is 0.262 e. The van der Waals surface area contributed by atoms with Gasteiger partial charge < -0.3 is 9.88 Å². The number of imidazole rings is 1. The number of rotatable bonds is 5. The quantitative estimate of drug-likeness (QED) is 0.692. The molecule has 1 N–H and O–H groups in total. The van der Waals surface area contributed by atoms with Crippen molar-refractivity contribution in [3.05, 3.63) is 78.3 Å². The third-order valence-electron chi connectivity index (χ3n) is 5.03. The molecule has 2 atom stereocenters. The molecule has 2 unspecified atom stereocenters. The van der Waals surface area contributed by atoms with Gasteiger partial charge in [0.15, 0.2) is 5.03 Å². The Balaban J connectivity index is 1.67. The number of nitrogens with one attached hydrogen (secondary N) is 1. The number of hydrogen-bond acceptors (Lipinski definition) is 4. The van der Waals surface area contributed by atoms with Crippen LogP contribution in [0.2, 0.25) is 0 Å². The van der Waals surface area contributed by atoms with Gasteiger partial charge in [-0.2, -0.15) is 4.31 Å². The molecule has 1 aliphatic heterocycles. The maximum absolute atomic E-state index is 13.8. The van der Waals surface area contributed by atoms with Gasteiger partial charge in [-0.15, -0.1) is 0 Å². The molecule has 29 heavy (non-hydrogen) atoms. The summed E-state index contributed by atoms with van der Waals surface area (Å²) in [5, 5.41) is 3.18. The summed E-state index contributed by atoms with van der Waals surface area (Å²) in [6, 6.07) is 11.7. The lowest BCUT2D eigenvalue weighted by molar-refractivity contribution is 0.468. The van der Waals surface area contributed by atoms with Crippen molar-refractivity contribution in [2.75, 3.05) is 18.4 Å². The maximum atomic E-state index is 13.8. The molecule has 2 aromatic carbocycles. The molecule has 152 valence electrons. The zero-order chi connectivity index (χ0) is 20.6. The summed E-state index contributed by atoms with van der Waals surface area (Å²) in [6.07, 6.45) is 2.87. The summed E-state index contributed by atoms with van der Waals surface area (Å²) in [7, 11) is -2.11. The summed E-state index contributed by atoms with van der Waals surface area (Å²) < 4.78 is 56.4. The number of hydrogen-bond donors (Lipinski definition) is 1. The average molecular weight is 418 g/mol. The van der Waals surface area contributed by atoms with Gasteiger partial charge in [-0.3, -0.25) is 0 Å². The third kappa shape index (κ3) is 4.01. The predicted octanol–water partition coefficient (Wildman–Crippen LogP) is 2.97. The first-order valence-electron chi connectivity index (χ1n) is 9.08. The van der Waals surface area contributed by atoms with E-state index in [0.29, 0.717) is 11.3 Å². The normalized spacial score (nSPS) is 20.1. The molecule has 0 spiro atoms. The van der Waals surface area contributed by atoms with E-state index in [4.69, 9.17) is 0 Å². The topological polar surface area (TPSA) is 67.2 Å². The van der Waals surface area contributed by atoms with Crippen molar-refractivity contribution in [1.29, 1.82) is 0 Å². The van der Waals surface area contributed by atoms with Gasteiger partial charge in [0, 0.05) is 44.0 Å². The SMILES string of the molecule is Cn1cnc(S(=O)(=O)N2CC(Nc3cccc(F)c3)C(c3cccc(F)c3)C2)c1. The second-order valence-electron chi connectivity index (χ2n) is 7.12. The lowest BCUT2D eigenvalue weighted by Gasteiger charge is -2.21. The van der Waals surface area contributed by atoms with Gasteiger partial charge in [-0.25, -0.2) is 22.2 Å². The number of sulfonamides is 1. The zero-order valence-corrected chi connectivity index (χ0v) is 16.5. The lowest BCUT2D eigenvalue weighted by Crippen LogP contribution is -2.32. The molecule has 0 saturated carbocycles. The van der Waals surface area contributed by atoms with E-state index in [9.17, 15) is 17.2 Å². The molecule has 3 aromatic rings. The van der Waals surface area contributed by atoms with Gasteiger partial charge in [-0.1, -0.05) is 18.2 Å². The molecule has 0 aliphatic carbocycles. The second-order valence-corrected chi connectivity index (χ2v) is 9.01. The van der Waals surface area contributed by atoms with E-state index < -0.39 is 21.7 Å². The third-order valence-corrected chi connectivity index (χ3v) is 6.74. The van der Waals surface area contributed by atoms with Crippen LogP contribution in [0.5, 0.6) is 0 Å². The van der Waals surface area contributed by atoms with E-state index in [2.05, 4.69) is 10.3 Å². The van der Waals surface area contributed by atoms with E-state index in [-0.39, 0.29) is 30.1 Å². The fraction of sp³-hybridized carbons (Fsp3) is 0.250. The largest absolute Gasteiger partial charge is 0.380 e. The van der Waals surface area contributed by atoms with Crippen molar-refractivity contribution in [3.8, 4) is 0 Å². The molecule has 1 saturated heterocycles. The molecule has 0 radical (unpaired) electrons. The Morgan fingerprint density at radius 2 is 1.79 bits per heavy atom. The van der Waals surface area contributed by atoms with Crippen LogP contribution in [0.4, 0.5) is 14.5 Å². The average Bonchev–Trinajstić information content (AvgIpc) is 3.29. The van der Waals surface area contributed by atoms with Crippen LogP contribution < -0.4 is 5.32 Å². The van der Waals surface area contributed by atoms with Crippen molar-refractivity contribution < 1.29 is 17.2 Å². The number of nitrogens with zero attached hydrogens (tertiary/aromatic N) is 3. The highest BCUT2D eigenvalue weighted by atomic mass is 32.2. The van der Waals surface area contributed by atoms with Gasteiger partial charge in [0.05, 0.1) is 6.33 Å². The first kappa shape index (κ1) is 19.5. The van der Waals surface area contributed by atoms with Gasteiger partial charge >= 0.3 is 0 Å². The summed E-state index contributed by atoms with van der Waals surface area (Å²) in [6.45, 7) is 0.311. The molecule has 9 heteroatoms. The van der Waals surface area contributed by atoms with E-state index in [1.54, 1.807) is 35.9 Å². The van der Waals surface area contributed by atoms with Gasteiger partial charge in [-0.05, 0) is 35.9 Å². The fourth-order valence-electron chi connectivity index (χ4n) is 3.63. The number of benzene rings is 2. The fourth-order valence-corrected chi connectivity index (χ4v) is 5.09. The Labute approximate surface area is 167 Å². The predicted molar refractivity (Wildman–Crippen MR) is 105 cm³/mol. The first-order valence-corrected chi connectivity index (χ1v) is 10.5. The molecule has 4 rings (SSSR count). The molecule has 1 aromatic heterocycles. The number of aromatic nitrogens is 2. The Morgan fingerprint density at radius 3 is 2.45 bits per heavy atom. The first-order chi connectivity index (χ1) is 13.8. The zero-order valence-electron chi connectivity index (χ0n) is 15.7. The van der Waals surface area contributed by atoms with Crippen LogP contribution in [-0.2, 0) is 17.1 Å². The van der Waals surface area contributed by atoms with Crippen molar-refractivity contribution in [3.63, 3.8) is 0 Å². The maximum Gasteiger partial charge on any atom is 0.262 e. The Bertz CT molecular complexity index is 1130. The van der Waals surface area contributed by atoms with Crippen molar-refractivity contribution in [2.24, 2.45) is 7.05 Å². The molecule has 6 nitrogen and oxygen atoms in total. The second kappa shape index (κ2) is 7.57. The molecule has 1 aliphatic rings. The number of aryl methyl sites for hydroxylation is 1. The summed E-state index contributed by atoms with van der Waals surface area (Å²) >= 11 is 0. The molecule has 2 heterocycles. The van der Waals surface area contributed by atoms with Crippen LogP contribution in [0.15, 0.2) is 66.1 Å². The van der Waals surface area contributed by atoms with Crippen LogP contribution >= 0.6 is 0 Å². The highest BCUT2D eigenvalue weighted by Crippen LogP contribution is 2.33. The summed E-state index contributed by atoms with van der Waals surface area (Å²) in [5.41, 5.74) is 1.21. The van der Waals surface area contributed by atoms with Gasteiger partial charge in [0.25, 0.3) is 10.0 Å².